The number of benzene rings is 1. The molecule has 0 aliphatic carbocycles. The fourth-order valence-electron chi connectivity index (χ4n) is 0.795. The molecule has 1 aromatic carbocycles. The average Bonchev–Trinajstić information content (AvgIpc) is 2.14. The van der Waals surface area contributed by atoms with E-state index in [0.717, 1.165) is 12.3 Å². The first-order chi connectivity index (χ1) is 6.24. The second kappa shape index (κ2) is 4.20. The van der Waals surface area contributed by atoms with E-state index in [1.165, 1.54) is 18.2 Å². The lowest BCUT2D eigenvalue weighted by molar-refractivity contribution is 0.107. The van der Waals surface area contributed by atoms with Crippen LogP contribution in [0.1, 0.15) is 10.4 Å². The third-order valence-electron chi connectivity index (χ3n) is 1.34. The molecule has 1 aromatic rings. The Morgan fingerprint density at radius 1 is 1.54 bits per heavy atom. The molecule has 4 nitrogen and oxygen atoms in total. The third kappa shape index (κ3) is 2.55. The summed E-state index contributed by atoms with van der Waals surface area (Å²) < 4.78 is 12.6. The molecule has 0 heterocycles. The molecule has 0 unspecified atom stereocenters. The lowest BCUT2D eigenvalue weighted by atomic mass is 10.1. The van der Waals surface area contributed by atoms with Crippen molar-refractivity contribution in [3.63, 3.8) is 0 Å². The quantitative estimate of drug-likeness (QED) is 0.302. The third-order valence-corrected chi connectivity index (χ3v) is 1.34. The number of ketones is 1. The van der Waals surface area contributed by atoms with Gasteiger partial charge in [-0.2, -0.15) is 0 Å². The molecular weight excluding hydrogens is 173 g/mol. The van der Waals surface area contributed by atoms with Crippen LogP contribution in [0.2, 0.25) is 0 Å². The van der Waals surface area contributed by atoms with Gasteiger partial charge in [0.2, 0.25) is 0 Å². The standard InChI is InChI=1S/C8H5FN3O/c9-7-3-1-2-6(4-7)8(13)5-11-12-10/h1-5H/q-1. The van der Waals surface area contributed by atoms with Crippen LogP contribution in [0.4, 0.5) is 4.39 Å². The van der Waals surface area contributed by atoms with Crippen LogP contribution < -0.4 is 0 Å². The zero-order chi connectivity index (χ0) is 9.68. The van der Waals surface area contributed by atoms with Crippen LogP contribution in [0.5, 0.6) is 0 Å². The average molecular weight is 178 g/mol. The molecule has 0 spiro atoms. The highest BCUT2D eigenvalue weighted by molar-refractivity contribution is 6.35. The van der Waals surface area contributed by atoms with Crippen molar-refractivity contribution in [2.24, 2.45) is 10.3 Å². The number of carbonyl (C=O) groups is 1. The molecule has 0 saturated carbocycles. The first-order valence-corrected chi connectivity index (χ1v) is 3.41. The molecule has 0 N–H and O–H groups in total. The zero-order valence-corrected chi connectivity index (χ0v) is 6.51. The second-order valence-corrected chi connectivity index (χ2v) is 2.21. The van der Waals surface area contributed by atoms with Gasteiger partial charge in [0.1, 0.15) is 5.82 Å². The highest BCUT2D eigenvalue weighted by Crippen LogP contribution is 2.03. The Kier molecular flexibility index (Phi) is 2.97. The van der Waals surface area contributed by atoms with E-state index in [4.69, 9.17) is 5.53 Å². The molecule has 0 atom stereocenters. The Bertz CT molecular complexity index is 362. The Morgan fingerprint density at radius 2 is 2.31 bits per heavy atom. The van der Waals surface area contributed by atoms with Gasteiger partial charge in [0.25, 0.3) is 0 Å². The lowest BCUT2D eigenvalue weighted by Crippen LogP contribution is -1.99. The van der Waals surface area contributed by atoms with Crippen LogP contribution >= 0.6 is 0 Å². The number of nitrogens with zero attached hydrogens (tertiary/aromatic N) is 3. The van der Waals surface area contributed by atoms with Crippen molar-refractivity contribution in [2.75, 3.05) is 0 Å². The summed E-state index contributed by atoms with van der Waals surface area (Å²) in [6.45, 7) is 0. The minimum Gasteiger partial charge on any atom is -0.362 e. The number of carbonyl (C=O) groups excluding carboxylic acids is 1. The van der Waals surface area contributed by atoms with E-state index < -0.39 is 11.6 Å². The SMILES string of the molecule is [N-]=NN=CC(=O)c1cccc(F)c1. The second-order valence-electron chi connectivity index (χ2n) is 2.21. The maximum absolute atomic E-state index is 12.6. The van der Waals surface area contributed by atoms with E-state index in [0.29, 0.717) is 0 Å². The van der Waals surface area contributed by atoms with Crippen LogP contribution in [0.15, 0.2) is 34.6 Å². The van der Waals surface area contributed by atoms with E-state index >= 15 is 0 Å². The molecule has 0 radical (unpaired) electrons. The molecular formula is C8H5FN3O-. The Balaban J connectivity index is 2.89. The van der Waals surface area contributed by atoms with Crippen molar-refractivity contribution >= 4 is 12.0 Å². The molecule has 1 rings (SSSR count). The smallest absolute Gasteiger partial charge is 0.183 e. The van der Waals surface area contributed by atoms with Crippen LogP contribution in [0.3, 0.4) is 0 Å². The summed E-state index contributed by atoms with van der Waals surface area (Å²) in [6.07, 6.45) is 0.800. The van der Waals surface area contributed by atoms with Gasteiger partial charge < -0.3 is 10.6 Å². The number of halogens is 1. The summed E-state index contributed by atoms with van der Waals surface area (Å²) in [5.74, 6) is -1.02. The number of hydrogen-bond acceptors (Lipinski definition) is 2. The van der Waals surface area contributed by atoms with E-state index in [1.54, 1.807) is 0 Å². The molecule has 0 aliphatic rings. The fraction of sp³-hybridized carbons (Fsp3) is 0. The van der Waals surface area contributed by atoms with Gasteiger partial charge in [0.15, 0.2) is 5.78 Å². The number of rotatable bonds is 3. The highest BCUT2D eigenvalue weighted by Gasteiger charge is 2.00. The Hall–Kier alpha value is -1.91. The summed E-state index contributed by atoms with van der Waals surface area (Å²) in [5, 5.41) is 5.34. The van der Waals surface area contributed by atoms with E-state index in [9.17, 15) is 9.18 Å². The molecule has 66 valence electrons. The van der Waals surface area contributed by atoms with Gasteiger partial charge in [-0.15, -0.1) is 0 Å². The summed E-state index contributed by atoms with van der Waals surface area (Å²) in [4.78, 5) is 11.1. The van der Waals surface area contributed by atoms with Gasteiger partial charge in [0.05, 0.1) is 0 Å². The summed E-state index contributed by atoms with van der Waals surface area (Å²) in [6, 6.07) is 5.15. The summed E-state index contributed by atoms with van der Waals surface area (Å²) in [7, 11) is 0. The maximum Gasteiger partial charge on any atom is 0.183 e. The van der Waals surface area contributed by atoms with E-state index in [1.807, 2.05) is 0 Å². The van der Waals surface area contributed by atoms with Crippen LogP contribution in [0, 0.1) is 5.82 Å². The van der Waals surface area contributed by atoms with Gasteiger partial charge in [-0.05, 0) is 18.3 Å². The normalized spacial score (nSPS) is 10.2. The first kappa shape index (κ1) is 9.18. The van der Waals surface area contributed by atoms with Gasteiger partial charge >= 0.3 is 0 Å². The molecule has 0 aromatic heterocycles. The molecule has 13 heavy (non-hydrogen) atoms. The van der Waals surface area contributed by atoms with Crippen molar-refractivity contribution in [3.05, 3.63) is 41.2 Å². The van der Waals surface area contributed by atoms with Gasteiger partial charge in [-0.3, -0.25) is 10.0 Å². The van der Waals surface area contributed by atoms with Crippen LogP contribution in [0.25, 0.3) is 5.53 Å². The van der Waals surface area contributed by atoms with Crippen molar-refractivity contribution < 1.29 is 9.18 Å². The molecule has 0 fully saturated rings. The van der Waals surface area contributed by atoms with Crippen molar-refractivity contribution in [1.82, 2.24) is 0 Å². The van der Waals surface area contributed by atoms with Crippen molar-refractivity contribution in [2.45, 2.75) is 0 Å². The van der Waals surface area contributed by atoms with Gasteiger partial charge in [-0.25, -0.2) is 4.39 Å². The van der Waals surface area contributed by atoms with E-state index in [2.05, 4.69) is 10.3 Å². The van der Waals surface area contributed by atoms with Gasteiger partial charge in [0, 0.05) is 5.56 Å². The predicted molar refractivity (Wildman–Crippen MR) is 45.0 cm³/mol. The zero-order valence-electron chi connectivity index (χ0n) is 6.51. The predicted octanol–water partition coefficient (Wildman–Crippen LogP) is 2.02. The number of hydrogen-bond donors (Lipinski definition) is 0. The minimum absolute atomic E-state index is 0.160. The monoisotopic (exact) mass is 178 g/mol. The minimum atomic E-state index is -0.516. The first-order valence-electron chi connectivity index (χ1n) is 3.41. The maximum atomic E-state index is 12.6. The summed E-state index contributed by atoms with van der Waals surface area (Å²) in [5.41, 5.74) is 8.08. The highest BCUT2D eigenvalue weighted by atomic mass is 19.1. The summed E-state index contributed by atoms with van der Waals surface area (Å²) >= 11 is 0. The van der Waals surface area contributed by atoms with Crippen LogP contribution in [-0.4, -0.2) is 12.0 Å². The van der Waals surface area contributed by atoms with Crippen LogP contribution in [-0.2, 0) is 0 Å². The molecule has 0 amide bonds. The fourth-order valence-corrected chi connectivity index (χ4v) is 0.795. The van der Waals surface area contributed by atoms with Crippen molar-refractivity contribution in [1.29, 1.82) is 0 Å². The Labute approximate surface area is 73.6 Å². The topological polar surface area (TPSA) is 64.1 Å². The van der Waals surface area contributed by atoms with E-state index in [-0.39, 0.29) is 5.56 Å². The Morgan fingerprint density at radius 3 is 2.92 bits per heavy atom. The number of Topliss-reactive ketones (excluding diaryl/α,β-unsaturated/α-hetero) is 1. The van der Waals surface area contributed by atoms with Gasteiger partial charge in [-0.1, -0.05) is 12.1 Å². The van der Waals surface area contributed by atoms with Crippen molar-refractivity contribution in [3.8, 4) is 0 Å². The largest absolute Gasteiger partial charge is 0.362 e. The lowest BCUT2D eigenvalue weighted by Gasteiger charge is -1.95. The molecule has 0 aliphatic heterocycles. The molecule has 0 saturated heterocycles. The molecule has 0 bridgehead atoms. The molecule has 5 heteroatoms.